The lowest BCUT2D eigenvalue weighted by Gasteiger charge is -2.17. The number of amides is 1. The first kappa shape index (κ1) is 16.5. The van der Waals surface area contributed by atoms with Crippen molar-refractivity contribution in [1.29, 1.82) is 0 Å². The van der Waals surface area contributed by atoms with Gasteiger partial charge in [0.15, 0.2) is 0 Å². The first-order valence-electron chi connectivity index (χ1n) is 6.45. The standard InChI is InChI=1S/C13H14Cl2FNO3S/c14-9-6-8(11(15)21-9)2-1-3-10(18)17-5-4-13(16,7-17)12(19)20/h6H,1-5,7H2,(H,19,20). The molecule has 21 heavy (non-hydrogen) atoms. The summed E-state index contributed by atoms with van der Waals surface area (Å²) in [6, 6.07) is 1.77. The molecule has 0 radical (unpaired) electrons. The normalized spacial score (nSPS) is 21.8. The molecule has 1 aliphatic heterocycles. The lowest BCUT2D eigenvalue weighted by molar-refractivity contribution is -0.150. The van der Waals surface area contributed by atoms with Crippen LogP contribution in [0.25, 0.3) is 0 Å². The van der Waals surface area contributed by atoms with E-state index < -0.39 is 11.6 Å². The Labute approximate surface area is 135 Å². The third-order valence-electron chi connectivity index (χ3n) is 3.52. The maximum absolute atomic E-state index is 13.9. The maximum Gasteiger partial charge on any atom is 0.343 e. The van der Waals surface area contributed by atoms with Crippen molar-refractivity contribution in [3.05, 3.63) is 20.3 Å². The van der Waals surface area contributed by atoms with Crippen LogP contribution in [-0.4, -0.2) is 40.6 Å². The maximum atomic E-state index is 13.9. The Morgan fingerprint density at radius 3 is 2.71 bits per heavy atom. The van der Waals surface area contributed by atoms with E-state index in [4.69, 9.17) is 28.3 Å². The predicted molar refractivity (Wildman–Crippen MR) is 79.9 cm³/mol. The van der Waals surface area contributed by atoms with Crippen molar-refractivity contribution >= 4 is 46.4 Å². The fourth-order valence-electron chi connectivity index (χ4n) is 2.29. The monoisotopic (exact) mass is 353 g/mol. The van der Waals surface area contributed by atoms with Crippen LogP contribution < -0.4 is 0 Å². The minimum Gasteiger partial charge on any atom is -0.479 e. The van der Waals surface area contributed by atoms with E-state index in [1.807, 2.05) is 0 Å². The molecule has 4 nitrogen and oxygen atoms in total. The summed E-state index contributed by atoms with van der Waals surface area (Å²) in [7, 11) is 0. The molecule has 1 fully saturated rings. The second kappa shape index (κ2) is 6.50. The number of carboxylic acids is 1. The Kier molecular flexibility index (Phi) is 5.11. The number of hydrogen-bond donors (Lipinski definition) is 1. The van der Waals surface area contributed by atoms with Crippen LogP contribution in [0.4, 0.5) is 4.39 Å². The first-order chi connectivity index (χ1) is 9.82. The predicted octanol–water partition coefficient (Wildman–Crippen LogP) is 3.40. The summed E-state index contributed by atoms with van der Waals surface area (Å²) < 4.78 is 15.1. The van der Waals surface area contributed by atoms with E-state index in [9.17, 15) is 14.0 Å². The summed E-state index contributed by atoms with van der Waals surface area (Å²) in [6.07, 6.45) is 1.26. The third kappa shape index (κ3) is 3.87. The zero-order chi connectivity index (χ0) is 15.6. The van der Waals surface area contributed by atoms with Gasteiger partial charge in [0, 0.05) is 19.4 Å². The topological polar surface area (TPSA) is 57.6 Å². The fourth-order valence-corrected chi connectivity index (χ4v) is 3.84. The van der Waals surface area contributed by atoms with Crippen molar-refractivity contribution < 1.29 is 19.1 Å². The number of alkyl halides is 1. The number of carboxylic acid groups (broad SMARTS) is 1. The zero-order valence-electron chi connectivity index (χ0n) is 11.1. The van der Waals surface area contributed by atoms with Gasteiger partial charge in [0.05, 0.1) is 15.2 Å². The summed E-state index contributed by atoms with van der Waals surface area (Å²) >= 11 is 13.1. The molecule has 0 aliphatic carbocycles. The molecule has 0 bridgehead atoms. The first-order valence-corrected chi connectivity index (χ1v) is 8.03. The molecule has 116 valence electrons. The van der Waals surface area contributed by atoms with Gasteiger partial charge < -0.3 is 10.0 Å². The van der Waals surface area contributed by atoms with Crippen LogP contribution >= 0.6 is 34.5 Å². The number of aryl methyl sites for hydroxylation is 1. The van der Waals surface area contributed by atoms with Crippen LogP contribution in [0, 0.1) is 0 Å². The molecule has 0 saturated carbocycles. The van der Waals surface area contributed by atoms with Crippen LogP contribution in [0.1, 0.15) is 24.8 Å². The van der Waals surface area contributed by atoms with E-state index in [-0.39, 0.29) is 31.8 Å². The van der Waals surface area contributed by atoms with Crippen molar-refractivity contribution in [1.82, 2.24) is 4.90 Å². The molecule has 2 rings (SSSR count). The summed E-state index contributed by atoms with van der Waals surface area (Å²) in [5.74, 6) is -1.73. The molecule has 2 heterocycles. The highest BCUT2D eigenvalue weighted by molar-refractivity contribution is 7.20. The number of carbonyl (C=O) groups is 2. The molecular formula is C13H14Cl2FNO3S. The van der Waals surface area contributed by atoms with Crippen LogP contribution in [-0.2, 0) is 16.0 Å². The van der Waals surface area contributed by atoms with E-state index in [2.05, 4.69) is 0 Å². The number of carbonyl (C=O) groups excluding carboxylic acids is 1. The van der Waals surface area contributed by atoms with Crippen molar-refractivity contribution in [3.63, 3.8) is 0 Å². The molecule has 8 heteroatoms. The number of nitrogens with zero attached hydrogens (tertiary/aromatic N) is 1. The van der Waals surface area contributed by atoms with E-state index in [1.54, 1.807) is 6.07 Å². The molecule has 0 aromatic carbocycles. The van der Waals surface area contributed by atoms with Crippen LogP contribution in [0.2, 0.25) is 8.67 Å². The van der Waals surface area contributed by atoms with Gasteiger partial charge in [-0.1, -0.05) is 23.2 Å². The number of hydrogen-bond acceptors (Lipinski definition) is 3. The van der Waals surface area contributed by atoms with Gasteiger partial charge in [-0.3, -0.25) is 4.79 Å². The minimum atomic E-state index is -2.31. The molecule has 1 N–H and O–H groups in total. The molecule has 1 atom stereocenters. The van der Waals surface area contributed by atoms with Gasteiger partial charge in [0.1, 0.15) is 0 Å². The van der Waals surface area contributed by atoms with E-state index in [1.165, 1.54) is 16.2 Å². The van der Waals surface area contributed by atoms with Gasteiger partial charge in [-0.15, -0.1) is 11.3 Å². The van der Waals surface area contributed by atoms with Crippen molar-refractivity contribution in [2.24, 2.45) is 0 Å². The molecule has 1 aliphatic rings. The molecule has 1 amide bonds. The molecule has 1 unspecified atom stereocenters. The van der Waals surface area contributed by atoms with Crippen molar-refractivity contribution in [2.45, 2.75) is 31.4 Å². The largest absolute Gasteiger partial charge is 0.479 e. The number of halogens is 3. The van der Waals surface area contributed by atoms with E-state index in [0.717, 1.165) is 5.56 Å². The van der Waals surface area contributed by atoms with Gasteiger partial charge in [-0.05, 0) is 24.5 Å². The van der Waals surface area contributed by atoms with E-state index >= 15 is 0 Å². The summed E-state index contributed by atoms with van der Waals surface area (Å²) in [4.78, 5) is 24.0. The molecular weight excluding hydrogens is 340 g/mol. The average Bonchev–Trinajstić information content (AvgIpc) is 2.94. The highest BCUT2D eigenvalue weighted by Crippen LogP contribution is 2.32. The number of likely N-dealkylation sites (tertiary alicyclic amines) is 1. The molecule has 1 aromatic heterocycles. The Hall–Kier alpha value is -0.850. The summed E-state index contributed by atoms with van der Waals surface area (Å²) in [5, 5.41) is 8.79. The number of aliphatic carboxylic acids is 1. The Balaban J connectivity index is 1.81. The van der Waals surface area contributed by atoms with Gasteiger partial charge in [-0.25, -0.2) is 9.18 Å². The average molecular weight is 354 g/mol. The van der Waals surface area contributed by atoms with Crippen LogP contribution in [0.15, 0.2) is 6.07 Å². The Morgan fingerprint density at radius 2 is 2.19 bits per heavy atom. The minimum absolute atomic E-state index is 0.146. The number of rotatable bonds is 5. The highest BCUT2D eigenvalue weighted by atomic mass is 35.5. The Bertz CT molecular complexity index is 566. The highest BCUT2D eigenvalue weighted by Gasteiger charge is 2.46. The molecule has 1 aromatic rings. The summed E-state index contributed by atoms with van der Waals surface area (Å²) in [5.41, 5.74) is -1.41. The summed E-state index contributed by atoms with van der Waals surface area (Å²) in [6.45, 7) is -0.223. The van der Waals surface area contributed by atoms with E-state index in [0.29, 0.717) is 21.5 Å². The Morgan fingerprint density at radius 1 is 1.48 bits per heavy atom. The van der Waals surface area contributed by atoms with Gasteiger partial charge in [0.25, 0.3) is 0 Å². The SMILES string of the molecule is O=C(CCCc1cc(Cl)sc1Cl)N1CCC(F)(C(=O)O)C1. The van der Waals surface area contributed by atoms with Crippen molar-refractivity contribution in [3.8, 4) is 0 Å². The van der Waals surface area contributed by atoms with Gasteiger partial charge >= 0.3 is 5.97 Å². The van der Waals surface area contributed by atoms with Crippen molar-refractivity contribution in [2.75, 3.05) is 13.1 Å². The molecule has 0 spiro atoms. The second-order valence-corrected chi connectivity index (χ2v) is 7.32. The van der Waals surface area contributed by atoms with Gasteiger partial charge in [-0.2, -0.15) is 0 Å². The smallest absolute Gasteiger partial charge is 0.343 e. The second-order valence-electron chi connectivity index (χ2n) is 5.04. The van der Waals surface area contributed by atoms with Crippen LogP contribution in [0.5, 0.6) is 0 Å². The van der Waals surface area contributed by atoms with Crippen LogP contribution in [0.3, 0.4) is 0 Å². The zero-order valence-corrected chi connectivity index (χ0v) is 13.4. The molecule has 1 saturated heterocycles. The van der Waals surface area contributed by atoms with Gasteiger partial charge in [0.2, 0.25) is 11.6 Å². The fraction of sp³-hybridized carbons (Fsp3) is 0.538. The lowest BCUT2D eigenvalue weighted by Crippen LogP contribution is -2.38. The third-order valence-corrected chi connectivity index (χ3v) is 5.09. The number of thiophene rings is 1. The quantitative estimate of drug-likeness (QED) is 0.882. The lowest BCUT2D eigenvalue weighted by atomic mass is 10.1.